The van der Waals surface area contributed by atoms with E-state index in [9.17, 15) is 14.0 Å². The highest BCUT2D eigenvalue weighted by Crippen LogP contribution is 2.22. The minimum atomic E-state index is -0.520. The maximum Gasteiger partial charge on any atom is 0.256 e. The van der Waals surface area contributed by atoms with Crippen molar-refractivity contribution in [2.24, 2.45) is 5.92 Å². The summed E-state index contributed by atoms with van der Waals surface area (Å²) in [6.45, 7) is 0.863. The molecule has 0 aliphatic carbocycles. The number of likely N-dealkylation sites (tertiary alicyclic amines) is 1. The van der Waals surface area contributed by atoms with Crippen LogP contribution in [0.2, 0.25) is 5.02 Å². The molecule has 4 nitrogen and oxygen atoms in total. The van der Waals surface area contributed by atoms with E-state index in [1.54, 1.807) is 41.3 Å². The molecule has 0 unspecified atom stereocenters. The molecule has 0 atom stereocenters. The first-order valence-electron chi connectivity index (χ1n) is 8.15. The molecule has 0 bridgehead atoms. The molecule has 2 aromatic rings. The van der Waals surface area contributed by atoms with Crippen molar-refractivity contribution in [2.45, 2.75) is 12.8 Å². The molecule has 0 radical (unpaired) electrons. The number of carbonyl (C=O) groups excluding carboxylic acids is 2. The molecule has 25 heavy (non-hydrogen) atoms. The maximum atomic E-state index is 13.8. The Balaban J connectivity index is 1.57. The summed E-state index contributed by atoms with van der Waals surface area (Å²) in [6.07, 6.45) is 1.10. The van der Waals surface area contributed by atoms with Gasteiger partial charge in [0.2, 0.25) is 5.91 Å². The highest BCUT2D eigenvalue weighted by Gasteiger charge is 2.28. The monoisotopic (exact) mass is 360 g/mol. The molecule has 1 saturated heterocycles. The third kappa shape index (κ3) is 4.17. The van der Waals surface area contributed by atoms with Gasteiger partial charge >= 0.3 is 0 Å². The van der Waals surface area contributed by atoms with E-state index in [0.29, 0.717) is 36.6 Å². The predicted molar refractivity (Wildman–Crippen MR) is 95.1 cm³/mol. The number of benzene rings is 2. The van der Waals surface area contributed by atoms with E-state index >= 15 is 0 Å². The molecule has 3 rings (SSSR count). The number of piperidine rings is 1. The van der Waals surface area contributed by atoms with Gasteiger partial charge in [0, 0.05) is 29.7 Å². The number of nitrogens with one attached hydrogen (secondary N) is 1. The third-order valence-electron chi connectivity index (χ3n) is 4.35. The second-order valence-corrected chi connectivity index (χ2v) is 6.48. The van der Waals surface area contributed by atoms with Gasteiger partial charge in [0.15, 0.2) is 0 Å². The summed E-state index contributed by atoms with van der Waals surface area (Å²) in [5.41, 5.74) is 0.728. The lowest BCUT2D eigenvalue weighted by atomic mass is 9.95. The maximum absolute atomic E-state index is 13.8. The highest BCUT2D eigenvalue weighted by molar-refractivity contribution is 6.30. The first kappa shape index (κ1) is 17.4. The van der Waals surface area contributed by atoms with E-state index in [-0.39, 0.29) is 23.3 Å². The second kappa shape index (κ2) is 7.66. The summed E-state index contributed by atoms with van der Waals surface area (Å²) in [5.74, 6) is -1.11. The largest absolute Gasteiger partial charge is 0.339 e. The third-order valence-corrected chi connectivity index (χ3v) is 4.58. The number of hydrogen-bond donors (Lipinski definition) is 1. The van der Waals surface area contributed by atoms with Crippen molar-refractivity contribution in [2.75, 3.05) is 18.4 Å². The normalized spacial score (nSPS) is 15.0. The van der Waals surface area contributed by atoms with Crippen LogP contribution in [-0.2, 0) is 4.79 Å². The Morgan fingerprint density at radius 3 is 2.48 bits per heavy atom. The molecule has 0 spiro atoms. The van der Waals surface area contributed by atoms with Gasteiger partial charge in [0.05, 0.1) is 5.56 Å². The Morgan fingerprint density at radius 1 is 1.08 bits per heavy atom. The van der Waals surface area contributed by atoms with Crippen molar-refractivity contribution in [3.8, 4) is 0 Å². The van der Waals surface area contributed by atoms with Gasteiger partial charge in [-0.3, -0.25) is 9.59 Å². The molecule has 1 aliphatic rings. The Labute approximate surface area is 150 Å². The summed E-state index contributed by atoms with van der Waals surface area (Å²) < 4.78 is 13.8. The average molecular weight is 361 g/mol. The van der Waals surface area contributed by atoms with Crippen LogP contribution in [0.25, 0.3) is 0 Å². The van der Waals surface area contributed by atoms with Crippen LogP contribution in [0.4, 0.5) is 10.1 Å². The molecule has 130 valence electrons. The first-order valence-corrected chi connectivity index (χ1v) is 8.52. The average Bonchev–Trinajstić information content (AvgIpc) is 2.62. The molecule has 2 amide bonds. The van der Waals surface area contributed by atoms with Gasteiger partial charge in [-0.1, -0.05) is 29.8 Å². The van der Waals surface area contributed by atoms with Crippen LogP contribution in [0.3, 0.4) is 0 Å². The van der Waals surface area contributed by atoms with Crippen LogP contribution >= 0.6 is 11.6 Å². The molecule has 1 fully saturated rings. The number of rotatable bonds is 3. The smallest absolute Gasteiger partial charge is 0.256 e. The second-order valence-electron chi connectivity index (χ2n) is 6.05. The standard InChI is InChI=1S/C19H18ClFN2O2/c20-14-4-3-5-15(12-14)22-18(24)13-8-10-23(11-9-13)19(25)16-6-1-2-7-17(16)21/h1-7,12-13H,8-11H2,(H,22,24). The van der Waals surface area contributed by atoms with Gasteiger partial charge in [-0.15, -0.1) is 0 Å². The molecule has 1 N–H and O–H groups in total. The summed E-state index contributed by atoms with van der Waals surface area (Å²) in [7, 11) is 0. The highest BCUT2D eigenvalue weighted by atomic mass is 35.5. The van der Waals surface area contributed by atoms with Gasteiger partial charge in [0.1, 0.15) is 5.82 Å². The Morgan fingerprint density at radius 2 is 1.80 bits per heavy atom. The topological polar surface area (TPSA) is 49.4 Å². The fourth-order valence-corrected chi connectivity index (χ4v) is 3.15. The number of nitrogens with zero attached hydrogens (tertiary/aromatic N) is 1. The summed E-state index contributed by atoms with van der Waals surface area (Å²) in [4.78, 5) is 26.4. The van der Waals surface area contributed by atoms with E-state index in [0.717, 1.165) is 0 Å². The lowest BCUT2D eigenvalue weighted by Gasteiger charge is -2.31. The van der Waals surface area contributed by atoms with Crippen LogP contribution in [-0.4, -0.2) is 29.8 Å². The van der Waals surface area contributed by atoms with Crippen molar-refractivity contribution in [1.82, 2.24) is 4.90 Å². The number of anilines is 1. The summed E-state index contributed by atoms with van der Waals surface area (Å²) in [6, 6.07) is 12.9. The van der Waals surface area contributed by atoms with Crippen molar-refractivity contribution in [3.63, 3.8) is 0 Å². The number of amides is 2. The number of halogens is 2. The van der Waals surface area contributed by atoms with Crippen LogP contribution in [0.5, 0.6) is 0 Å². The van der Waals surface area contributed by atoms with Crippen molar-refractivity contribution in [3.05, 3.63) is 64.9 Å². The van der Waals surface area contributed by atoms with Gasteiger partial charge in [-0.2, -0.15) is 0 Å². The molecule has 1 aliphatic heterocycles. The van der Waals surface area contributed by atoms with E-state index < -0.39 is 5.82 Å². The fraction of sp³-hybridized carbons (Fsp3) is 0.263. The zero-order valence-corrected chi connectivity index (χ0v) is 14.3. The van der Waals surface area contributed by atoms with Crippen molar-refractivity contribution in [1.29, 1.82) is 0 Å². The fourth-order valence-electron chi connectivity index (χ4n) is 2.96. The van der Waals surface area contributed by atoms with Crippen molar-refractivity contribution >= 4 is 29.1 Å². The van der Waals surface area contributed by atoms with Crippen LogP contribution in [0.1, 0.15) is 23.2 Å². The first-order chi connectivity index (χ1) is 12.0. The minimum Gasteiger partial charge on any atom is -0.339 e. The van der Waals surface area contributed by atoms with Crippen LogP contribution < -0.4 is 5.32 Å². The SMILES string of the molecule is O=C(Nc1cccc(Cl)c1)C1CCN(C(=O)c2ccccc2F)CC1. The van der Waals surface area contributed by atoms with E-state index in [1.807, 2.05) is 0 Å². The molecular weight excluding hydrogens is 343 g/mol. The quantitative estimate of drug-likeness (QED) is 0.900. The molecule has 1 heterocycles. The van der Waals surface area contributed by atoms with Crippen LogP contribution in [0, 0.1) is 11.7 Å². The molecule has 0 saturated carbocycles. The van der Waals surface area contributed by atoms with Gasteiger partial charge in [-0.05, 0) is 43.2 Å². The van der Waals surface area contributed by atoms with Crippen molar-refractivity contribution < 1.29 is 14.0 Å². The number of hydrogen-bond acceptors (Lipinski definition) is 2. The summed E-state index contributed by atoms with van der Waals surface area (Å²) in [5, 5.41) is 3.41. The Bertz CT molecular complexity index is 788. The van der Waals surface area contributed by atoms with E-state index in [2.05, 4.69) is 5.32 Å². The Kier molecular flexibility index (Phi) is 5.34. The molecule has 2 aromatic carbocycles. The predicted octanol–water partition coefficient (Wildman–Crippen LogP) is 3.97. The van der Waals surface area contributed by atoms with E-state index in [1.165, 1.54) is 12.1 Å². The molecular formula is C19H18ClFN2O2. The summed E-state index contributed by atoms with van der Waals surface area (Å²) >= 11 is 5.91. The molecule has 0 aromatic heterocycles. The Hall–Kier alpha value is -2.40. The zero-order chi connectivity index (χ0) is 17.8. The zero-order valence-electron chi connectivity index (χ0n) is 13.5. The van der Waals surface area contributed by atoms with Gasteiger partial charge in [-0.25, -0.2) is 4.39 Å². The van der Waals surface area contributed by atoms with Gasteiger partial charge in [0.25, 0.3) is 5.91 Å². The number of carbonyl (C=O) groups is 2. The van der Waals surface area contributed by atoms with E-state index in [4.69, 9.17) is 11.6 Å². The minimum absolute atomic E-state index is 0.0735. The van der Waals surface area contributed by atoms with Crippen LogP contribution in [0.15, 0.2) is 48.5 Å². The lowest BCUT2D eigenvalue weighted by Crippen LogP contribution is -2.41. The van der Waals surface area contributed by atoms with Gasteiger partial charge < -0.3 is 10.2 Å². The molecule has 6 heteroatoms. The lowest BCUT2D eigenvalue weighted by molar-refractivity contribution is -0.121.